The molecule has 5 fully saturated rings. The van der Waals surface area contributed by atoms with E-state index in [-0.39, 0.29) is 29.8 Å². The van der Waals surface area contributed by atoms with Crippen LogP contribution in [-0.2, 0) is 0 Å². The van der Waals surface area contributed by atoms with E-state index in [0.29, 0.717) is 43.7 Å². The van der Waals surface area contributed by atoms with Crippen molar-refractivity contribution in [1.29, 1.82) is 10.7 Å². The summed E-state index contributed by atoms with van der Waals surface area (Å²) in [6.45, 7) is 1.39. The van der Waals surface area contributed by atoms with E-state index >= 15 is 0 Å². The number of hydrogen-bond donors (Lipinski definition) is 4. The number of aliphatic hydroxyl groups excluding tert-OH is 1. The maximum absolute atomic E-state index is 10.8. The van der Waals surface area contributed by atoms with Crippen molar-refractivity contribution in [3.8, 4) is 6.07 Å². The quantitative estimate of drug-likeness (QED) is 0.449. The third-order valence-electron chi connectivity index (χ3n) is 7.43. The van der Waals surface area contributed by atoms with Gasteiger partial charge in [0, 0.05) is 13.1 Å². The van der Waals surface area contributed by atoms with Gasteiger partial charge in [-0.05, 0) is 68.6 Å². The molecule has 4 unspecified atom stereocenters. The molecule has 0 aromatic rings. The number of aliphatic hydroxyl groups is 2. The van der Waals surface area contributed by atoms with E-state index in [1.807, 2.05) is 0 Å². The van der Waals surface area contributed by atoms with E-state index in [2.05, 4.69) is 11.0 Å². The van der Waals surface area contributed by atoms with Crippen LogP contribution in [0, 0.1) is 46.3 Å². The van der Waals surface area contributed by atoms with Crippen LogP contribution in [0.15, 0.2) is 0 Å². The van der Waals surface area contributed by atoms with Crippen LogP contribution in [0.1, 0.15) is 44.9 Å². The molecule has 5 rings (SSSR count). The first-order valence-electron chi connectivity index (χ1n) is 9.78. The number of piperidine rings is 1. The highest BCUT2D eigenvalue weighted by atomic mass is 16.3. The molecule has 138 valence electrons. The van der Waals surface area contributed by atoms with Gasteiger partial charge in [-0.2, -0.15) is 5.26 Å². The van der Waals surface area contributed by atoms with Gasteiger partial charge in [-0.15, -0.1) is 0 Å². The van der Waals surface area contributed by atoms with Crippen molar-refractivity contribution in [3.05, 3.63) is 0 Å². The van der Waals surface area contributed by atoms with Crippen LogP contribution < -0.4 is 5.73 Å². The molecule has 6 heteroatoms. The molecular weight excluding hydrogens is 316 g/mol. The predicted molar refractivity (Wildman–Crippen MR) is 93.6 cm³/mol. The second-order valence-corrected chi connectivity index (χ2v) is 9.09. The number of hydrogen-bond acceptors (Lipinski definition) is 5. The second kappa shape index (κ2) is 6.22. The van der Waals surface area contributed by atoms with Crippen LogP contribution in [0.2, 0.25) is 0 Å². The Morgan fingerprint density at radius 3 is 2.28 bits per heavy atom. The standard InChI is InChI=1S/C19H30N4O2/c20-10-15(17(18(21)22)23-3-1-14(24)2-4-23)16-12-5-11-6-13(16)9-19(25,7-11)8-12/h11-17,24-25H,1-9H2,(H3,21,22). The number of rotatable bonds is 4. The summed E-state index contributed by atoms with van der Waals surface area (Å²) in [5.41, 5.74) is 5.47. The normalized spacial score (nSPS) is 43.6. The Morgan fingerprint density at radius 2 is 1.80 bits per heavy atom. The Bertz CT molecular complexity index is 564. The van der Waals surface area contributed by atoms with Crippen LogP contribution in [-0.4, -0.2) is 51.8 Å². The van der Waals surface area contributed by atoms with Crippen LogP contribution in [0.4, 0.5) is 0 Å². The molecule has 4 aliphatic carbocycles. The van der Waals surface area contributed by atoms with Gasteiger partial charge in [-0.25, -0.2) is 0 Å². The molecule has 0 radical (unpaired) electrons. The average molecular weight is 346 g/mol. The van der Waals surface area contributed by atoms with E-state index in [9.17, 15) is 15.5 Å². The smallest absolute Gasteiger partial charge is 0.110 e. The Labute approximate surface area is 149 Å². The van der Waals surface area contributed by atoms with Gasteiger partial charge in [0.15, 0.2) is 0 Å². The van der Waals surface area contributed by atoms with Gasteiger partial charge in [0.2, 0.25) is 0 Å². The lowest BCUT2D eigenvalue weighted by Crippen LogP contribution is -2.60. The Morgan fingerprint density at radius 1 is 1.20 bits per heavy atom. The number of nitriles is 1. The molecule has 0 aromatic carbocycles. The van der Waals surface area contributed by atoms with E-state index in [1.165, 1.54) is 0 Å². The minimum atomic E-state index is -0.506. The summed E-state index contributed by atoms with van der Waals surface area (Å²) in [6, 6.07) is 2.17. The van der Waals surface area contributed by atoms with Crippen molar-refractivity contribution in [3.63, 3.8) is 0 Å². The first-order chi connectivity index (χ1) is 11.9. The van der Waals surface area contributed by atoms with E-state index < -0.39 is 5.60 Å². The molecule has 25 heavy (non-hydrogen) atoms. The number of amidine groups is 1. The minimum absolute atomic E-state index is 0.0791. The fourth-order valence-electron chi connectivity index (χ4n) is 6.76. The lowest BCUT2D eigenvalue weighted by atomic mass is 9.47. The van der Waals surface area contributed by atoms with Gasteiger partial charge in [0.05, 0.1) is 29.7 Å². The summed E-state index contributed by atoms with van der Waals surface area (Å²) in [5, 5.41) is 38.8. The van der Waals surface area contributed by atoms with Crippen molar-refractivity contribution in [2.24, 2.45) is 35.3 Å². The molecule has 4 bridgehead atoms. The fourth-order valence-corrected chi connectivity index (χ4v) is 6.76. The molecule has 4 saturated carbocycles. The molecule has 6 nitrogen and oxygen atoms in total. The molecule has 4 atom stereocenters. The number of nitrogens with one attached hydrogen (secondary N) is 1. The van der Waals surface area contributed by atoms with E-state index in [4.69, 9.17) is 11.1 Å². The highest BCUT2D eigenvalue weighted by molar-refractivity contribution is 5.83. The van der Waals surface area contributed by atoms with Crippen molar-refractivity contribution in [2.45, 2.75) is 62.7 Å². The Hall–Kier alpha value is -1.16. The number of nitrogens with zero attached hydrogens (tertiary/aromatic N) is 2. The topological polar surface area (TPSA) is 117 Å². The molecule has 1 saturated heterocycles. The van der Waals surface area contributed by atoms with E-state index in [0.717, 1.165) is 32.1 Å². The largest absolute Gasteiger partial charge is 0.393 e. The summed E-state index contributed by atoms with van der Waals surface area (Å²) >= 11 is 0. The molecular formula is C19H30N4O2. The van der Waals surface area contributed by atoms with Crippen LogP contribution in [0.5, 0.6) is 0 Å². The molecule has 0 aromatic heterocycles. The Balaban J connectivity index is 1.58. The SMILES string of the molecule is N#CC(C1C2CC3CC1CC(O)(C3)C2)C(C(=N)N)N1CCC(O)CC1. The second-order valence-electron chi connectivity index (χ2n) is 9.09. The highest BCUT2D eigenvalue weighted by Crippen LogP contribution is 2.60. The molecule has 5 N–H and O–H groups in total. The zero-order chi connectivity index (χ0) is 17.8. The summed E-state index contributed by atoms with van der Waals surface area (Å²) in [4.78, 5) is 2.14. The Kier molecular flexibility index (Phi) is 4.30. The first kappa shape index (κ1) is 17.3. The van der Waals surface area contributed by atoms with Crippen LogP contribution >= 0.6 is 0 Å². The van der Waals surface area contributed by atoms with Gasteiger partial charge in [-0.1, -0.05) is 0 Å². The first-order valence-corrected chi connectivity index (χ1v) is 9.78. The molecule has 0 amide bonds. The third-order valence-corrected chi connectivity index (χ3v) is 7.43. The van der Waals surface area contributed by atoms with Gasteiger partial charge >= 0.3 is 0 Å². The lowest BCUT2D eigenvalue weighted by molar-refractivity contribution is -0.161. The molecule has 1 heterocycles. The molecule has 0 spiro atoms. The van der Waals surface area contributed by atoms with E-state index in [1.54, 1.807) is 0 Å². The monoisotopic (exact) mass is 346 g/mol. The highest BCUT2D eigenvalue weighted by Gasteiger charge is 2.57. The van der Waals surface area contributed by atoms with Crippen molar-refractivity contribution in [2.75, 3.05) is 13.1 Å². The third kappa shape index (κ3) is 2.97. The average Bonchev–Trinajstić information content (AvgIpc) is 2.53. The number of nitrogens with two attached hydrogens (primary N) is 1. The fraction of sp³-hybridized carbons (Fsp3) is 0.895. The zero-order valence-corrected chi connectivity index (χ0v) is 14.8. The summed E-state index contributed by atoms with van der Waals surface area (Å²) < 4.78 is 0. The minimum Gasteiger partial charge on any atom is -0.393 e. The van der Waals surface area contributed by atoms with Gasteiger partial charge in [0.1, 0.15) is 5.84 Å². The van der Waals surface area contributed by atoms with Crippen LogP contribution in [0.3, 0.4) is 0 Å². The summed E-state index contributed by atoms with van der Waals surface area (Å²) in [5.74, 6) is 1.42. The van der Waals surface area contributed by atoms with Gasteiger partial charge in [-0.3, -0.25) is 10.3 Å². The maximum Gasteiger partial charge on any atom is 0.110 e. The van der Waals surface area contributed by atoms with Crippen molar-refractivity contribution >= 4 is 5.84 Å². The molecule has 5 aliphatic rings. The summed E-state index contributed by atoms with van der Waals surface area (Å²) in [7, 11) is 0. The van der Waals surface area contributed by atoms with Crippen LogP contribution in [0.25, 0.3) is 0 Å². The lowest BCUT2D eigenvalue weighted by Gasteiger charge is -2.59. The van der Waals surface area contributed by atoms with Gasteiger partial charge in [0.25, 0.3) is 0 Å². The van der Waals surface area contributed by atoms with Crippen molar-refractivity contribution in [1.82, 2.24) is 4.90 Å². The van der Waals surface area contributed by atoms with Crippen molar-refractivity contribution < 1.29 is 10.2 Å². The number of likely N-dealkylation sites (tertiary alicyclic amines) is 1. The summed E-state index contributed by atoms with van der Waals surface area (Å²) in [6.07, 6.45) is 5.88. The maximum atomic E-state index is 10.8. The zero-order valence-electron chi connectivity index (χ0n) is 14.8. The molecule has 1 aliphatic heterocycles. The predicted octanol–water partition coefficient (Wildman–Crippen LogP) is 1.07. The van der Waals surface area contributed by atoms with Gasteiger partial charge < -0.3 is 15.9 Å².